The standard InChI is InChI=1S/C22H21F4N5O2/c1-33-18-8-2-15(3-9-18)14-29-10-12-30(13-11-29)21(32)19-20(22(24,25)26)31(28-27-19)17-6-4-16(23)5-7-17/h2-9H,10-14H2,1H3. The van der Waals surface area contributed by atoms with Gasteiger partial charge in [-0.3, -0.25) is 9.69 Å². The smallest absolute Gasteiger partial charge is 0.435 e. The lowest BCUT2D eigenvalue weighted by molar-refractivity contribution is -0.143. The van der Waals surface area contributed by atoms with Crippen LogP contribution in [0.2, 0.25) is 0 Å². The van der Waals surface area contributed by atoms with Crippen molar-refractivity contribution < 1.29 is 27.1 Å². The molecule has 0 radical (unpaired) electrons. The van der Waals surface area contributed by atoms with E-state index in [1.165, 1.54) is 4.90 Å². The summed E-state index contributed by atoms with van der Waals surface area (Å²) in [5.74, 6) is -0.681. The van der Waals surface area contributed by atoms with E-state index >= 15 is 0 Å². The van der Waals surface area contributed by atoms with Gasteiger partial charge in [0.25, 0.3) is 5.91 Å². The Morgan fingerprint density at radius 1 is 1.00 bits per heavy atom. The lowest BCUT2D eigenvalue weighted by Crippen LogP contribution is -2.48. The fourth-order valence-corrected chi connectivity index (χ4v) is 3.69. The number of benzene rings is 2. The normalized spacial score (nSPS) is 15.0. The minimum Gasteiger partial charge on any atom is -0.497 e. The van der Waals surface area contributed by atoms with Gasteiger partial charge in [0.1, 0.15) is 11.6 Å². The molecular weight excluding hydrogens is 442 g/mol. The zero-order chi connectivity index (χ0) is 23.6. The summed E-state index contributed by atoms with van der Waals surface area (Å²) in [5, 5.41) is 7.08. The number of ether oxygens (including phenoxy) is 1. The molecule has 1 fully saturated rings. The monoisotopic (exact) mass is 463 g/mol. The van der Waals surface area contributed by atoms with Gasteiger partial charge in [0.05, 0.1) is 12.8 Å². The number of methoxy groups -OCH3 is 1. The van der Waals surface area contributed by atoms with Crippen molar-refractivity contribution in [1.82, 2.24) is 24.8 Å². The van der Waals surface area contributed by atoms with E-state index < -0.39 is 29.3 Å². The number of hydrogen-bond donors (Lipinski definition) is 0. The van der Waals surface area contributed by atoms with E-state index in [0.29, 0.717) is 24.3 Å². The Labute approximate surface area is 187 Å². The summed E-state index contributed by atoms with van der Waals surface area (Å²) in [7, 11) is 1.59. The molecule has 174 valence electrons. The molecule has 0 unspecified atom stereocenters. The highest BCUT2D eigenvalue weighted by atomic mass is 19.4. The Hall–Kier alpha value is -3.47. The van der Waals surface area contributed by atoms with Crippen molar-refractivity contribution in [3.05, 3.63) is 71.3 Å². The number of rotatable bonds is 5. The van der Waals surface area contributed by atoms with Crippen LogP contribution in [0.25, 0.3) is 5.69 Å². The second kappa shape index (κ2) is 9.18. The van der Waals surface area contributed by atoms with Crippen LogP contribution < -0.4 is 4.74 Å². The maximum absolute atomic E-state index is 13.8. The molecule has 0 saturated carbocycles. The number of amides is 1. The summed E-state index contributed by atoms with van der Waals surface area (Å²) in [6, 6.07) is 11.9. The van der Waals surface area contributed by atoms with Crippen LogP contribution in [-0.2, 0) is 12.7 Å². The molecule has 7 nitrogen and oxygen atoms in total. The molecule has 1 aliphatic rings. The van der Waals surface area contributed by atoms with E-state index in [2.05, 4.69) is 15.2 Å². The Morgan fingerprint density at radius 2 is 1.64 bits per heavy atom. The summed E-state index contributed by atoms with van der Waals surface area (Å²) < 4.78 is 60.3. The first-order chi connectivity index (χ1) is 15.8. The van der Waals surface area contributed by atoms with Crippen molar-refractivity contribution >= 4 is 5.91 Å². The average molecular weight is 463 g/mol. The molecule has 11 heteroatoms. The van der Waals surface area contributed by atoms with Crippen molar-refractivity contribution in [3.63, 3.8) is 0 Å². The molecule has 0 atom stereocenters. The van der Waals surface area contributed by atoms with Gasteiger partial charge in [0, 0.05) is 32.7 Å². The van der Waals surface area contributed by atoms with Gasteiger partial charge < -0.3 is 9.64 Å². The number of hydrogen-bond acceptors (Lipinski definition) is 5. The fraction of sp³-hybridized carbons (Fsp3) is 0.318. The lowest BCUT2D eigenvalue weighted by Gasteiger charge is -2.34. The molecule has 33 heavy (non-hydrogen) atoms. The predicted molar refractivity (Wildman–Crippen MR) is 110 cm³/mol. The van der Waals surface area contributed by atoms with Crippen LogP contribution in [0.4, 0.5) is 17.6 Å². The number of alkyl halides is 3. The Morgan fingerprint density at radius 3 is 2.21 bits per heavy atom. The van der Waals surface area contributed by atoms with Gasteiger partial charge in [-0.25, -0.2) is 9.07 Å². The zero-order valence-corrected chi connectivity index (χ0v) is 17.7. The molecule has 0 aliphatic carbocycles. The van der Waals surface area contributed by atoms with E-state index in [1.54, 1.807) is 7.11 Å². The third-order valence-corrected chi connectivity index (χ3v) is 5.44. The maximum Gasteiger partial charge on any atom is 0.435 e. The quantitative estimate of drug-likeness (QED) is 0.543. The number of carbonyl (C=O) groups excluding carboxylic acids is 1. The average Bonchev–Trinajstić information content (AvgIpc) is 3.26. The molecule has 1 amide bonds. The SMILES string of the molecule is COc1ccc(CN2CCN(C(=O)c3nnn(-c4ccc(F)cc4)c3C(F)(F)F)CC2)cc1. The summed E-state index contributed by atoms with van der Waals surface area (Å²) in [5.41, 5.74) is -1.02. The Bertz CT molecular complexity index is 1110. The molecule has 1 aliphatic heterocycles. The van der Waals surface area contributed by atoms with Gasteiger partial charge in [-0.1, -0.05) is 17.3 Å². The van der Waals surface area contributed by atoms with Crippen molar-refractivity contribution in [1.29, 1.82) is 0 Å². The molecule has 2 aromatic carbocycles. The fourth-order valence-electron chi connectivity index (χ4n) is 3.69. The van der Waals surface area contributed by atoms with Crippen LogP contribution in [0.1, 0.15) is 21.7 Å². The zero-order valence-electron chi connectivity index (χ0n) is 17.7. The second-order valence-corrected chi connectivity index (χ2v) is 7.59. The van der Waals surface area contributed by atoms with E-state index in [4.69, 9.17) is 4.74 Å². The highest BCUT2D eigenvalue weighted by Crippen LogP contribution is 2.33. The molecule has 4 rings (SSSR count). The van der Waals surface area contributed by atoms with Crippen LogP contribution in [0.5, 0.6) is 5.75 Å². The summed E-state index contributed by atoms with van der Waals surface area (Å²) in [6.45, 7) is 2.18. The van der Waals surface area contributed by atoms with Gasteiger partial charge in [0.2, 0.25) is 0 Å². The molecule has 0 spiro atoms. The van der Waals surface area contributed by atoms with Crippen LogP contribution in [0.15, 0.2) is 48.5 Å². The first-order valence-corrected chi connectivity index (χ1v) is 10.2. The summed E-state index contributed by atoms with van der Waals surface area (Å²) >= 11 is 0. The van der Waals surface area contributed by atoms with Crippen LogP contribution in [0.3, 0.4) is 0 Å². The second-order valence-electron chi connectivity index (χ2n) is 7.59. The molecule has 1 aromatic heterocycles. The largest absolute Gasteiger partial charge is 0.497 e. The molecule has 0 N–H and O–H groups in total. The number of halogens is 4. The van der Waals surface area contributed by atoms with Crippen molar-refractivity contribution in [2.24, 2.45) is 0 Å². The first-order valence-electron chi connectivity index (χ1n) is 10.2. The molecule has 0 bridgehead atoms. The molecule has 2 heterocycles. The van der Waals surface area contributed by atoms with Gasteiger partial charge in [-0.15, -0.1) is 5.10 Å². The molecule has 1 saturated heterocycles. The number of carbonyl (C=O) groups is 1. The summed E-state index contributed by atoms with van der Waals surface area (Å²) in [4.78, 5) is 16.4. The highest BCUT2D eigenvalue weighted by molar-refractivity contribution is 5.93. The number of aromatic nitrogens is 3. The number of piperazine rings is 1. The predicted octanol–water partition coefficient (Wildman–Crippen LogP) is 3.39. The van der Waals surface area contributed by atoms with Gasteiger partial charge >= 0.3 is 6.18 Å². The van der Waals surface area contributed by atoms with Gasteiger partial charge in [0.15, 0.2) is 11.4 Å². The van der Waals surface area contributed by atoms with Crippen molar-refractivity contribution in [2.75, 3.05) is 33.3 Å². The van der Waals surface area contributed by atoms with Gasteiger partial charge in [-0.05, 0) is 42.0 Å². The Kier molecular flexibility index (Phi) is 6.32. The van der Waals surface area contributed by atoms with Crippen LogP contribution in [-0.4, -0.2) is 64.0 Å². The van der Waals surface area contributed by atoms with Crippen molar-refractivity contribution in [3.8, 4) is 11.4 Å². The Balaban J connectivity index is 1.47. The van der Waals surface area contributed by atoms with E-state index in [-0.39, 0.29) is 18.8 Å². The van der Waals surface area contributed by atoms with Gasteiger partial charge in [-0.2, -0.15) is 13.2 Å². The van der Waals surface area contributed by atoms with E-state index in [1.807, 2.05) is 24.3 Å². The summed E-state index contributed by atoms with van der Waals surface area (Å²) in [6.07, 6.45) is -4.88. The van der Waals surface area contributed by atoms with Crippen LogP contribution >= 0.6 is 0 Å². The molecule has 3 aromatic rings. The lowest BCUT2D eigenvalue weighted by atomic mass is 10.2. The van der Waals surface area contributed by atoms with Crippen molar-refractivity contribution in [2.45, 2.75) is 12.7 Å². The third kappa shape index (κ3) is 4.98. The number of nitrogens with zero attached hydrogens (tertiary/aromatic N) is 5. The highest BCUT2D eigenvalue weighted by Gasteiger charge is 2.43. The topological polar surface area (TPSA) is 63.5 Å². The maximum atomic E-state index is 13.8. The minimum absolute atomic E-state index is 0.0421. The van der Waals surface area contributed by atoms with E-state index in [0.717, 1.165) is 35.6 Å². The minimum atomic E-state index is -4.88. The van der Waals surface area contributed by atoms with E-state index in [9.17, 15) is 22.4 Å². The third-order valence-electron chi connectivity index (χ3n) is 5.44. The van der Waals surface area contributed by atoms with Crippen LogP contribution in [0, 0.1) is 5.82 Å². The molecular formula is C22H21F4N5O2. The first kappa shape index (κ1) is 22.7.